The average Bonchev–Trinajstić information content (AvgIpc) is 2.87. The van der Waals surface area contributed by atoms with Crippen LogP contribution in [0.1, 0.15) is 21.5 Å². The molecule has 2 aromatic carbocycles. The molecule has 184 valence electrons. The van der Waals surface area contributed by atoms with Crippen molar-refractivity contribution in [3.05, 3.63) is 77.5 Å². The van der Waals surface area contributed by atoms with E-state index in [9.17, 15) is 4.79 Å². The molecule has 0 saturated carbocycles. The minimum atomic E-state index is -0.193. The summed E-state index contributed by atoms with van der Waals surface area (Å²) >= 11 is 0. The van der Waals surface area contributed by atoms with Gasteiger partial charge in [-0.3, -0.25) is 4.79 Å². The smallest absolute Gasteiger partial charge is 0.251 e. The van der Waals surface area contributed by atoms with Crippen LogP contribution in [0.15, 0.2) is 60.8 Å². The second kappa shape index (κ2) is 10.2. The number of aryl methyl sites for hydroxylation is 1. The number of nitrogens with one attached hydrogen (secondary N) is 1. The van der Waals surface area contributed by atoms with Crippen molar-refractivity contribution in [1.82, 2.24) is 25.2 Å². The molecule has 1 fully saturated rings. The van der Waals surface area contributed by atoms with Crippen LogP contribution in [-0.4, -0.2) is 59.0 Å². The highest BCUT2D eigenvalue weighted by atomic mass is 16.5. The Morgan fingerprint density at radius 2 is 1.89 bits per heavy atom. The van der Waals surface area contributed by atoms with E-state index in [0.717, 1.165) is 48.5 Å². The number of piperazine rings is 1. The number of rotatable bonds is 6. The van der Waals surface area contributed by atoms with E-state index in [0.29, 0.717) is 29.3 Å². The highest BCUT2D eigenvalue weighted by molar-refractivity contribution is 6.00. The van der Waals surface area contributed by atoms with Gasteiger partial charge >= 0.3 is 0 Å². The summed E-state index contributed by atoms with van der Waals surface area (Å²) in [6, 6.07) is 16.8. The maximum Gasteiger partial charge on any atom is 0.251 e. The summed E-state index contributed by atoms with van der Waals surface area (Å²) in [5.41, 5.74) is 9.18. The largest absolute Gasteiger partial charge is 0.439 e. The number of hydrogen-bond donors (Lipinski definition) is 2. The minimum absolute atomic E-state index is 0.193. The van der Waals surface area contributed by atoms with E-state index < -0.39 is 0 Å². The lowest BCUT2D eigenvalue weighted by Gasteiger charge is -2.33. The predicted octanol–water partition coefficient (Wildman–Crippen LogP) is 3.39. The molecule has 36 heavy (non-hydrogen) atoms. The molecule has 3 N–H and O–H groups in total. The van der Waals surface area contributed by atoms with Gasteiger partial charge in [-0.2, -0.15) is 4.98 Å². The number of pyridine rings is 1. The topological polar surface area (TPSA) is 110 Å². The number of nitrogens with zero attached hydrogens (tertiary/aromatic N) is 5. The highest BCUT2D eigenvalue weighted by Crippen LogP contribution is 2.27. The monoisotopic (exact) mass is 483 g/mol. The van der Waals surface area contributed by atoms with Crippen LogP contribution in [0.25, 0.3) is 10.9 Å². The molecular formula is C27H29N7O2. The van der Waals surface area contributed by atoms with E-state index in [4.69, 9.17) is 10.5 Å². The van der Waals surface area contributed by atoms with Gasteiger partial charge in [0.2, 0.25) is 11.8 Å². The number of carbonyl (C=O) groups is 1. The first kappa shape index (κ1) is 23.5. The van der Waals surface area contributed by atoms with Crippen molar-refractivity contribution in [3.8, 4) is 11.6 Å². The molecule has 0 radical (unpaired) electrons. The summed E-state index contributed by atoms with van der Waals surface area (Å²) < 4.78 is 5.86. The third kappa shape index (κ3) is 5.36. The van der Waals surface area contributed by atoms with Gasteiger partial charge in [0.25, 0.3) is 5.91 Å². The van der Waals surface area contributed by atoms with Crippen molar-refractivity contribution in [1.29, 1.82) is 0 Å². The number of amides is 1. The fraction of sp³-hybridized carbons (Fsp3) is 0.259. The molecule has 1 saturated heterocycles. The number of nitrogens with two attached hydrogens (primary N) is 1. The summed E-state index contributed by atoms with van der Waals surface area (Å²) in [5, 5.41) is 3.87. The van der Waals surface area contributed by atoms with Gasteiger partial charge in [-0.25, -0.2) is 9.97 Å². The van der Waals surface area contributed by atoms with Crippen LogP contribution in [0.4, 0.5) is 11.8 Å². The number of fused-ring (bicyclic) bond motifs is 1. The van der Waals surface area contributed by atoms with E-state index in [-0.39, 0.29) is 11.9 Å². The Bertz CT molecular complexity index is 1400. The lowest BCUT2D eigenvalue weighted by Crippen LogP contribution is -2.45. The molecule has 0 spiro atoms. The second-order valence-corrected chi connectivity index (χ2v) is 9.03. The molecule has 9 nitrogen and oxygen atoms in total. The molecule has 4 aromatic rings. The molecule has 1 aliphatic rings. The maximum absolute atomic E-state index is 12.9. The van der Waals surface area contributed by atoms with Crippen molar-refractivity contribution in [2.24, 2.45) is 0 Å². The first-order valence-electron chi connectivity index (χ1n) is 11.9. The van der Waals surface area contributed by atoms with E-state index in [1.54, 1.807) is 18.3 Å². The third-order valence-corrected chi connectivity index (χ3v) is 6.22. The second-order valence-electron chi connectivity index (χ2n) is 9.03. The lowest BCUT2D eigenvalue weighted by atomic mass is 10.1. The molecule has 1 aliphatic heterocycles. The Morgan fingerprint density at radius 1 is 1.06 bits per heavy atom. The zero-order chi connectivity index (χ0) is 25.1. The van der Waals surface area contributed by atoms with Gasteiger partial charge < -0.3 is 25.6 Å². The zero-order valence-electron chi connectivity index (χ0n) is 20.4. The average molecular weight is 484 g/mol. The lowest BCUT2D eigenvalue weighted by molar-refractivity contribution is 0.0951. The number of likely N-dealkylation sites (N-methyl/N-ethyl adjacent to an activating group) is 1. The molecular weight excluding hydrogens is 454 g/mol. The summed E-state index contributed by atoms with van der Waals surface area (Å²) in [5.74, 6) is 2.02. The number of anilines is 2. The van der Waals surface area contributed by atoms with Gasteiger partial charge in [0, 0.05) is 55.9 Å². The molecule has 9 heteroatoms. The molecule has 0 atom stereocenters. The molecule has 0 aliphatic carbocycles. The van der Waals surface area contributed by atoms with Gasteiger partial charge in [0.05, 0.1) is 5.52 Å². The Balaban J connectivity index is 1.29. The van der Waals surface area contributed by atoms with Crippen LogP contribution in [0, 0.1) is 6.92 Å². The Morgan fingerprint density at radius 3 is 2.69 bits per heavy atom. The number of benzene rings is 2. The predicted molar refractivity (Wildman–Crippen MR) is 140 cm³/mol. The number of hydrogen-bond acceptors (Lipinski definition) is 8. The van der Waals surface area contributed by atoms with Crippen LogP contribution < -0.4 is 20.7 Å². The highest BCUT2D eigenvalue weighted by Gasteiger charge is 2.19. The van der Waals surface area contributed by atoms with Gasteiger partial charge in [0.1, 0.15) is 11.6 Å². The Hall–Kier alpha value is -4.24. The van der Waals surface area contributed by atoms with Crippen molar-refractivity contribution < 1.29 is 9.53 Å². The molecule has 3 heterocycles. The summed E-state index contributed by atoms with van der Waals surface area (Å²) in [4.78, 5) is 30.6. The van der Waals surface area contributed by atoms with Gasteiger partial charge in [-0.05, 0) is 61.5 Å². The van der Waals surface area contributed by atoms with E-state index in [2.05, 4.69) is 37.1 Å². The minimum Gasteiger partial charge on any atom is -0.439 e. The van der Waals surface area contributed by atoms with Crippen molar-refractivity contribution in [2.45, 2.75) is 13.5 Å². The van der Waals surface area contributed by atoms with Crippen LogP contribution in [0.5, 0.6) is 11.6 Å². The number of nitrogen functional groups attached to an aromatic ring is 1. The van der Waals surface area contributed by atoms with Gasteiger partial charge in [0.15, 0.2) is 0 Å². The fourth-order valence-corrected chi connectivity index (χ4v) is 4.22. The van der Waals surface area contributed by atoms with Gasteiger partial charge in [-0.1, -0.05) is 12.1 Å². The van der Waals surface area contributed by atoms with E-state index in [1.807, 2.05) is 49.4 Å². The molecule has 2 aromatic heterocycles. The standard InChI is InChI=1S/C27H29N7O2/c1-18-8-9-29-24(14-18)36-21-5-3-4-19(15-21)17-30-26(35)20-6-7-22-23(16-20)31-27(28)32-25(22)34-12-10-33(2)11-13-34/h3-9,14-16H,10-13,17H2,1-2H3,(H,30,35)(H2,28,31,32). The SMILES string of the molecule is Cc1ccnc(Oc2cccc(CNC(=O)c3ccc4c(N5CCN(C)CC5)nc(N)nc4c3)c2)c1. The molecule has 0 bridgehead atoms. The summed E-state index contributed by atoms with van der Waals surface area (Å²) in [7, 11) is 2.11. The molecule has 0 unspecified atom stereocenters. The van der Waals surface area contributed by atoms with Crippen LogP contribution >= 0.6 is 0 Å². The van der Waals surface area contributed by atoms with Crippen LogP contribution in [0.2, 0.25) is 0 Å². The third-order valence-electron chi connectivity index (χ3n) is 6.22. The first-order valence-corrected chi connectivity index (χ1v) is 11.9. The number of ether oxygens (including phenoxy) is 1. The van der Waals surface area contributed by atoms with Crippen molar-refractivity contribution in [2.75, 3.05) is 43.9 Å². The van der Waals surface area contributed by atoms with Crippen molar-refractivity contribution >= 4 is 28.6 Å². The molecule has 1 amide bonds. The normalized spacial score (nSPS) is 14.1. The number of aromatic nitrogens is 3. The van der Waals surface area contributed by atoms with Crippen LogP contribution in [-0.2, 0) is 6.54 Å². The van der Waals surface area contributed by atoms with E-state index in [1.165, 1.54) is 0 Å². The molecule has 5 rings (SSSR count). The zero-order valence-corrected chi connectivity index (χ0v) is 20.4. The van der Waals surface area contributed by atoms with Crippen molar-refractivity contribution in [3.63, 3.8) is 0 Å². The Labute approximate surface area is 209 Å². The fourth-order valence-electron chi connectivity index (χ4n) is 4.22. The first-order chi connectivity index (χ1) is 17.4. The van der Waals surface area contributed by atoms with Crippen LogP contribution in [0.3, 0.4) is 0 Å². The Kier molecular flexibility index (Phi) is 6.64. The summed E-state index contributed by atoms with van der Waals surface area (Å²) in [6.07, 6.45) is 1.71. The van der Waals surface area contributed by atoms with Gasteiger partial charge in [-0.15, -0.1) is 0 Å². The quantitative estimate of drug-likeness (QED) is 0.430. The van der Waals surface area contributed by atoms with E-state index >= 15 is 0 Å². The summed E-state index contributed by atoms with van der Waals surface area (Å²) in [6.45, 7) is 5.99. The maximum atomic E-state index is 12.9. The number of carbonyl (C=O) groups excluding carboxylic acids is 1.